The van der Waals surface area contributed by atoms with Crippen molar-refractivity contribution in [3.8, 4) is 6.07 Å². The number of nitriles is 1. The summed E-state index contributed by atoms with van der Waals surface area (Å²) in [5.41, 5.74) is -0.773. The van der Waals surface area contributed by atoms with Gasteiger partial charge in [-0.1, -0.05) is 19.3 Å². The molecule has 1 saturated heterocycles. The van der Waals surface area contributed by atoms with Gasteiger partial charge in [-0.05, 0) is 26.3 Å². The molecule has 0 N–H and O–H groups in total. The number of hydrogen-bond donors (Lipinski definition) is 0. The van der Waals surface area contributed by atoms with Crippen molar-refractivity contribution >= 4 is 5.91 Å². The van der Waals surface area contributed by atoms with E-state index in [1.165, 1.54) is 0 Å². The topological polar surface area (TPSA) is 56.6 Å². The molecule has 118 valence electrons. The van der Waals surface area contributed by atoms with Gasteiger partial charge in [0.2, 0.25) is 5.91 Å². The van der Waals surface area contributed by atoms with Gasteiger partial charge in [0.05, 0.1) is 12.2 Å². The lowest BCUT2D eigenvalue weighted by molar-refractivity contribution is -0.139. The first kappa shape index (κ1) is 16.3. The van der Waals surface area contributed by atoms with Crippen molar-refractivity contribution in [3.05, 3.63) is 0 Å². The van der Waals surface area contributed by atoms with Gasteiger partial charge in [-0.25, -0.2) is 0 Å². The molecule has 2 fully saturated rings. The molecule has 1 aliphatic heterocycles. The number of likely N-dealkylation sites (N-methyl/N-ethyl adjacent to an activating group) is 2. The number of nitrogens with zero attached hydrogens (tertiary/aromatic N) is 3. The second-order valence-corrected chi connectivity index (χ2v) is 6.63. The minimum atomic E-state index is -0.773. The number of carbonyl (C=O) groups excluding carboxylic acids is 1. The van der Waals surface area contributed by atoms with Crippen molar-refractivity contribution in [1.82, 2.24) is 9.80 Å². The van der Waals surface area contributed by atoms with E-state index in [0.29, 0.717) is 25.4 Å². The van der Waals surface area contributed by atoms with Crippen LogP contribution >= 0.6 is 0 Å². The highest BCUT2D eigenvalue weighted by Gasteiger charge is 2.42. The number of rotatable bonds is 4. The summed E-state index contributed by atoms with van der Waals surface area (Å²) in [5, 5.41) is 9.53. The van der Waals surface area contributed by atoms with Crippen LogP contribution in [0.25, 0.3) is 0 Å². The van der Waals surface area contributed by atoms with Crippen molar-refractivity contribution < 1.29 is 9.53 Å². The molecule has 21 heavy (non-hydrogen) atoms. The van der Waals surface area contributed by atoms with Crippen molar-refractivity contribution in [1.29, 1.82) is 5.26 Å². The van der Waals surface area contributed by atoms with E-state index >= 15 is 0 Å². The lowest BCUT2D eigenvalue weighted by atomic mass is 9.74. The molecule has 1 amide bonds. The van der Waals surface area contributed by atoms with Gasteiger partial charge in [0.1, 0.15) is 5.41 Å². The Balaban J connectivity index is 1.98. The molecule has 5 heteroatoms. The minimum Gasteiger partial charge on any atom is -0.380 e. The van der Waals surface area contributed by atoms with Crippen molar-refractivity contribution in [3.63, 3.8) is 0 Å². The van der Waals surface area contributed by atoms with Crippen molar-refractivity contribution in [2.75, 3.05) is 34.3 Å². The van der Waals surface area contributed by atoms with E-state index < -0.39 is 5.41 Å². The summed E-state index contributed by atoms with van der Waals surface area (Å²) >= 11 is 0. The third-order valence-corrected chi connectivity index (χ3v) is 5.15. The van der Waals surface area contributed by atoms with E-state index in [2.05, 4.69) is 18.0 Å². The van der Waals surface area contributed by atoms with Gasteiger partial charge < -0.3 is 9.64 Å². The Morgan fingerprint density at radius 1 is 1.43 bits per heavy atom. The fraction of sp³-hybridized carbons (Fsp3) is 0.875. The number of likely N-dealkylation sites (tertiary alicyclic amines) is 1. The van der Waals surface area contributed by atoms with Gasteiger partial charge >= 0.3 is 0 Å². The Bertz CT molecular complexity index is 412. The Kier molecular flexibility index (Phi) is 5.23. The van der Waals surface area contributed by atoms with E-state index in [0.717, 1.165) is 32.2 Å². The number of amides is 1. The quantitative estimate of drug-likeness (QED) is 0.790. The maximum atomic E-state index is 12.8. The summed E-state index contributed by atoms with van der Waals surface area (Å²) in [5.74, 6) is 0.0129. The first-order chi connectivity index (χ1) is 10.0. The van der Waals surface area contributed by atoms with Gasteiger partial charge in [0.25, 0.3) is 0 Å². The molecule has 2 rings (SSSR count). The third kappa shape index (κ3) is 3.38. The van der Waals surface area contributed by atoms with Crippen LogP contribution in [0.1, 0.15) is 38.5 Å². The SMILES string of the molecule is CO[C@H]1C[C@@H](CN(C)C(=O)C2(C#N)CCCCC2)N(C)C1. The number of methoxy groups -OCH3 is 1. The summed E-state index contributed by atoms with van der Waals surface area (Å²) in [6, 6.07) is 2.65. The van der Waals surface area contributed by atoms with Crippen LogP contribution in [0.5, 0.6) is 0 Å². The lowest BCUT2D eigenvalue weighted by Gasteiger charge is -2.35. The molecule has 0 unspecified atom stereocenters. The summed E-state index contributed by atoms with van der Waals surface area (Å²) in [7, 11) is 5.65. The zero-order valence-electron chi connectivity index (χ0n) is 13.5. The van der Waals surface area contributed by atoms with Gasteiger partial charge in [-0.3, -0.25) is 9.69 Å². The van der Waals surface area contributed by atoms with Crippen LogP contribution in [-0.2, 0) is 9.53 Å². The first-order valence-electron chi connectivity index (χ1n) is 7.92. The number of ether oxygens (including phenoxy) is 1. The van der Waals surface area contributed by atoms with E-state index in [9.17, 15) is 10.1 Å². The van der Waals surface area contributed by atoms with Crippen LogP contribution in [0.4, 0.5) is 0 Å². The molecule has 0 aromatic heterocycles. The van der Waals surface area contributed by atoms with Crippen LogP contribution in [0, 0.1) is 16.7 Å². The van der Waals surface area contributed by atoms with Crippen LogP contribution in [0.2, 0.25) is 0 Å². The monoisotopic (exact) mass is 293 g/mol. The predicted molar refractivity (Wildman–Crippen MR) is 80.6 cm³/mol. The summed E-state index contributed by atoms with van der Waals surface area (Å²) < 4.78 is 5.41. The molecule has 0 bridgehead atoms. The molecule has 2 aliphatic rings. The highest BCUT2D eigenvalue weighted by Crippen LogP contribution is 2.37. The molecule has 5 nitrogen and oxygen atoms in total. The predicted octanol–water partition coefficient (Wildman–Crippen LogP) is 1.64. The molecule has 0 radical (unpaired) electrons. The number of hydrogen-bond acceptors (Lipinski definition) is 4. The molecular formula is C16H27N3O2. The zero-order chi connectivity index (χ0) is 15.5. The fourth-order valence-corrected chi connectivity index (χ4v) is 3.71. The van der Waals surface area contributed by atoms with Crippen molar-refractivity contribution in [2.45, 2.75) is 50.7 Å². The molecule has 0 aromatic carbocycles. The first-order valence-corrected chi connectivity index (χ1v) is 7.92. The molecule has 1 heterocycles. The molecular weight excluding hydrogens is 266 g/mol. The summed E-state index contributed by atoms with van der Waals surface area (Å²) in [4.78, 5) is 16.8. The van der Waals surface area contributed by atoms with Crippen LogP contribution < -0.4 is 0 Å². The Morgan fingerprint density at radius 2 is 2.10 bits per heavy atom. The second-order valence-electron chi connectivity index (χ2n) is 6.63. The van der Waals surface area contributed by atoms with E-state index in [1.807, 2.05) is 7.05 Å². The molecule has 0 spiro atoms. The molecule has 0 aromatic rings. The Morgan fingerprint density at radius 3 is 2.62 bits per heavy atom. The molecule has 2 atom stereocenters. The van der Waals surface area contributed by atoms with Crippen molar-refractivity contribution in [2.24, 2.45) is 5.41 Å². The van der Waals surface area contributed by atoms with E-state index in [4.69, 9.17) is 4.74 Å². The van der Waals surface area contributed by atoms with Crippen LogP contribution in [-0.4, -0.2) is 62.1 Å². The molecule has 1 saturated carbocycles. The fourth-order valence-electron chi connectivity index (χ4n) is 3.71. The largest absolute Gasteiger partial charge is 0.380 e. The smallest absolute Gasteiger partial charge is 0.242 e. The summed E-state index contributed by atoms with van der Waals surface area (Å²) in [6.07, 6.45) is 5.75. The van der Waals surface area contributed by atoms with Crippen LogP contribution in [0.3, 0.4) is 0 Å². The van der Waals surface area contributed by atoms with Gasteiger partial charge in [-0.2, -0.15) is 5.26 Å². The van der Waals surface area contributed by atoms with Gasteiger partial charge in [0, 0.05) is 33.3 Å². The maximum Gasteiger partial charge on any atom is 0.242 e. The average molecular weight is 293 g/mol. The van der Waals surface area contributed by atoms with Gasteiger partial charge in [0.15, 0.2) is 0 Å². The second kappa shape index (κ2) is 6.76. The van der Waals surface area contributed by atoms with Gasteiger partial charge in [-0.15, -0.1) is 0 Å². The zero-order valence-corrected chi connectivity index (χ0v) is 13.5. The van der Waals surface area contributed by atoms with E-state index in [1.54, 1.807) is 12.0 Å². The standard InChI is InChI=1S/C16H27N3O2/c1-18-11-14(21-3)9-13(18)10-19(2)15(20)16(12-17)7-5-4-6-8-16/h13-14H,4-11H2,1-3H3/t13-,14-/m0/s1. The van der Waals surface area contributed by atoms with Crippen LogP contribution in [0.15, 0.2) is 0 Å². The minimum absolute atomic E-state index is 0.0129. The average Bonchev–Trinajstić information content (AvgIpc) is 2.87. The maximum absolute atomic E-state index is 12.8. The third-order valence-electron chi connectivity index (χ3n) is 5.15. The molecule has 1 aliphatic carbocycles. The lowest BCUT2D eigenvalue weighted by Crippen LogP contribution is -2.47. The number of carbonyl (C=O) groups is 1. The highest BCUT2D eigenvalue weighted by molar-refractivity contribution is 5.85. The summed E-state index contributed by atoms with van der Waals surface area (Å²) in [6.45, 7) is 1.59. The highest BCUT2D eigenvalue weighted by atomic mass is 16.5. The van der Waals surface area contributed by atoms with E-state index in [-0.39, 0.29) is 12.0 Å². The normalized spacial score (nSPS) is 29.0. The Hall–Kier alpha value is -1.12. The Labute approximate surface area is 127 Å².